The van der Waals surface area contributed by atoms with Crippen LogP contribution in [-0.4, -0.2) is 49.8 Å². The molecule has 82 valence electrons. The van der Waals surface area contributed by atoms with Gasteiger partial charge in [-0.3, -0.25) is 4.90 Å². The first-order valence-corrected chi connectivity index (χ1v) is 5.95. The van der Waals surface area contributed by atoms with Crippen LogP contribution in [0.1, 0.15) is 26.2 Å². The lowest BCUT2D eigenvalue weighted by Gasteiger charge is -2.22. The molecule has 2 saturated heterocycles. The lowest BCUT2D eigenvalue weighted by molar-refractivity contribution is 0.157. The molecule has 0 aromatic rings. The third kappa shape index (κ3) is 2.47. The predicted octanol–water partition coefficient (Wildman–Crippen LogP) is 0.849. The molecule has 0 amide bonds. The van der Waals surface area contributed by atoms with Crippen LogP contribution in [0.4, 0.5) is 0 Å². The number of hydrogen-bond acceptors (Lipinski definition) is 3. The number of nitrogens with one attached hydrogen (secondary N) is 1. The molecule has 0 saturated carbocycles. The van der Waals surface area contributed by atoms with E-state index in [1.807, 2.05) is 0 Å². The molecule has 0 aliphatic carbocycles. The average molecular weight is 198 g/mol. The molecule has 0 bridgehead atoms. The number of rotatable bonds is 4. The highest BCUT2D eigenvalue weighted by molar-refractivity contribution is 4.86. The van der Waals surface area contributed by atoms with Gasteiger partial charge in [0.1, 0.15) is 0 Å². The first-order valence-electron chi connectivity index (χ1n) is 5.95. The second kappa shape index (κ2) is 5.10. The van der Waals surface area contributed by atoms with E-state index in [2.05, 4.69) is 17.1 Å². The van der Waals surface area contributed by atoms with Crippen molar-refractivity contribution in [1.82, 2.24) is 10.2 Å². The maximum atomic E-state index is 5.42. The van der Waals surface area contributed by atoms with Gasteiger partial charge in [-0.2, -0.15) is 0 Å². The zero-order valence-electron chi connectivity index (χ0n) is 9.17. The van der Waals surface area contributed by atoms with Crippen LogP contribution >= 0.6 is 0 Å². The third-order valence-electron chi connectivity index (χ3n) is 3.32. The van der Waals surface area contributed by atoms with Crippen molar-refractivity contribution in [3.05, 3.63) is 0 Å². The average Bonchev–Trinajstić information content (AvgIpc) is 2.85. The van der Waals surface area contributed by atoms with E-state index >= 15 is 0 Å². The highest BCUT2D eigenvalue weighted by Gasteiger charge is 2.29. The molecule has 0 aromatic carbocycles. The van der Waals surface area contributed by atoms with Crippen LogP contribution in [0.5, 0.6) is 0 Å². The van der Waals surface area contributed by atoms with E-state index in [4.69, 9.17) is 4.74 Å². The van der Waals surface area contributed by atoms with E-state index in [1.54, 1.807) is 0 Å². The van der Waals surface area contributed by atoms with Gasteiger partial charge in [-0.05, 0) is 25.8 Å². The van der Waals surface area contributed by atoms with E-state index in [1.165, 1.54) is 38.9 Å². The molecule has 3 nitrogen and oxygen atoms in total. The molecule has 3 heteroatoms. The van der Waals surface area contributed by atoms with Crippen molar-refractivity contribution in [2.24, 2.45) is 0 Å². The van der Waals surface area contributed by atoms with Crippen molar-refractivity contribution in [1.29, 1.82) is 0 Å². The molecule has 2 aliphatic rings. The van der Waals surface area contributed by atoms with Gasteiger partial charge in [0.25, 0.3) is 0 Å². The van der Waals surface area contributed by atoms with Crippen molar-refractivity contribution in [2.45, 2.75) is 38.3 Å². The molecular weight excluding hydrogens is 176 g/mol. The number of likely N-dealkylation sites (tertiary alicyclic amines) is 1. The van der Waals surface area contributed by atoms with Gasteiger partial charge in [0.2, 0.25) is 0 Å². The van der Waals surface area contributed by atoms with Crippen molar-refractivity contribution in [3.8, 4) is 0 Å². The Hall–Kier alpha value is -0.120. The Morgan fingerprint density at radius 3 is 3.07 bits per heavy atom. The summed E-state index contributed by atoms with van der Waals surface area (Å²) in [4.78, 5) is 2.60. The topological polar surface area (TPSA) is 24.5 Å². The standard InChI is InChI=1S/C11H22N2O/c1-2-5-12-10-3-6-13(8-10)11-4-7-14-9-11/h10-12H,2-9H2,1H3. The fourth-order valence-corrected chi connectivity index (χ4v) is 2.44. The summed E-state index contributed by atoms with van der Waals surface area (Å²) in [5.74, 6) is 0. The summed E-state index contributed by atoms with van der Waals surface area (Å²) in [6.45, 7) is 7.81. The normalized spacial score (nSPS) is 34.1. The van der Waals surface area contributed by atoms with Crippen LogP contribution in [0.2, 0.25) is 0 Å². The van der Waals surface area contributed by atoms with Crippen LogP contribution < -0.4 is 5.32 Å². The molecule has 14 heavy (non-hydrogen) atoms. The first kappa shape index (κ1) is 10.4. The molecule has 2 heterocycles. The molecule has 2 aliphatic heterocycles. The third-order valence-corrected chi connectivity index (χ3v) is 3.32. The van der Waals surface area contributed by atoms with Gasteiger partial charge in [-0.15, -0.1) is 0 Å². The second-order valence-electron chi connectivity index (χ2n) is 4.45. The molecule has 1 N–H and O–H groups in total. The van der Waals surface area contributed by atoms with E-state index in [0.29, 0.717) is 6.04 Å². The molecule has 2 unspecified atom stereocenters. The Labute approximate surface area is 86.8 Å². The number of ether oxygens (including phenoxy) is 1. The SMILES string of the molecule is CCCNC1CCN(C2CCOC2)C1. The summed E-state index contributed by atoms with van der Waals surface area (Å²) < 4.78 is 5.42. The summed E-state index contributed by atoms with van der Waals surface area (Å²) in [6, 6.07) is 1.44. The van der Waals surface area contributed by atoms with Crippen molar-refractivity contribution in [3.63, 3.8) is 0 Å². The van der Waals surface area contributed by atoms with Gasteiger partial charge in [-0.25, -0.2) is 0 Å². The van der Waals surface area contributed by atoms with E-state index in [9.17, 15) is 0 Å². The minimum Gasteiger partial charge on any atom is -0.380 e. The number of hydrogen-bond donors (Lipinski definition) is 1. The highest BCUT2D eigenvalue weighted by Crippen LogP contribution is 2.18. The van der Waals surface area contributed by atoms with E-state index in [0.717, 1.165) is 19.3 Å². The van der Waals surface area contributed by atoms with Crippen molar-refractivity contribution < 1.29 is 4.74 Å². The molecule has 0 spiro atoms. The van der Waals surface area contributed by atoms with Crippen molar-refractivity contribution >= 4 is 0 Å². The van der Waals surface area contributed by atoms with Crippen molar-refractivity contribution in [2.75, 3.05) is 32.8 Å². The lowest BCUT2D eigenvalue weighted by atomic mass is 10.2. The molecular formula is C11H22N2O. The van der Waals surface area contributed by atoms with E-state index in [-0.39, 0.29) is 0 Å². The second-order valence-corrected chi connectivity index (χ2v) is 4.45. The maximum Gasteiger partial charge on any atom is 0.0622 e. The fraction of sp³-hybridized carbons (Fsp3) is 1.00. The monoisotopic (exact) mass is 198 g/mol. The van der Waals surface area contributed by atoms with Crippen LogP contribution in [-0.2, 0) is 4.74 Å². The van der Waals surface area contributed by atoms with E-state index < -0.39 is 0 Å². The van der Waals surface area contributed by atoms with Gasteiger partial charge in [0.05, 0.1) is 6.61 Å². The quantitative estimate of drug-likeness (QED) is 0.725. The Morgan fingerprint density at radius 2 is 2.36 bits per heavy atom. The maximum absolute atomic E-state index is 5.42. The largest absolute Gasteiger partial charge is 0.380 e. The molecule has 2 atom stereocenters. The van der Waals surface area contributed by atoms with Gasteiger partial charge in [-0.1, -0.05) is 6.92 Å². The van der Waals surface area contributed by atoms with Gasteiger partial charge < -0.3 is 10.1 Å². The summed E-state index contributed by atoms with van der Waals surface area (Å²) in [5.41, 5.74) is 0. The van der Waals surface area contributed by atoms with Crippen LogP contribution in [0.3, 0.4) is 0 Å². The summed E-state index contributed by atoms with van der Waals surface area (Å²) in [5, 5.41) is 3.60. The Bertz CT molecular complexity index is 169. The minimum atomic E-state index is 0.712. The summed E-state index contributed by atoms with van der Waals surface area (Å²) >= 11 is 0. The summed E-state index contributed by atoms with van der Waals surface area (Å²) in [7, 11) is 0. The number of nitrogens with zero attached hydrogens (tertiary/aromatic N) is 1. The molecule has 2 fully saturated rings. The van der Waals surface area contributed by atoms with Gasteiger partial charge in [0, 0.05) is 31.8 Å². The lowest BCUT2D eigenvalue weighted by Crippen LogP contribution is -2.38. The smallest absolute Gasteiger partial charge is 0.0622 e. The Kier molecular flexibility index (Phi) is 3.79. The van der Waals surface area contributed by atoms with Gasteiger partial charge >= 0.3 is 0 Å². The minimum absolute atomic E-state index is 0.712. The molecule has 0 aromatic heterocycles. The highest BCUT2D eigenvalue weighted by atomic mass is 16.5. The van der Waals surface area contributed by atoms with Crippen LogP contribution in [0, 0.1) is 0 Å². The zero-order chi connectivity index (χ0) is 9.80. The zero-order valence-corrected chi connectivity index (χ0v) is 9.17. The Morgan fingerprint density at radius 1 is 1.43 bits per heavy atom. The first-order chi connectivity index (χ1) is 6.90. The fourth-order valence-electron chi connectivity index (χ4n) is 2.44. The summed E-state index contributed by atoms with van der Waals surface area (Å²) in [6.07, 6.45) is 3.79. The Balaban J connectivity index is 1.71. The van der Waals surface area contributed by atoms with Crippen LogP contribution in [0.15, 0.2) is 0 Å². The predicted molar refractivity (Wildman–Crippen MR) is 57.5 cm³/mol. The van der Waals surface area contributed by atoms with Crippen LogP contribution in [0.25, 0.3) is 0 Å². The molecule has 2 rings (SSSR count). The van der Waals surface area contributed by atoms with Gasteiger partial charge in [0.15, 0.2) is 0 Å². The molecule has 0 radical (unpaired) electrons.